The van der Waals surface area contributed by atoms with E-state index in [1.807, 2.05) is 0 Å². The summed E-state index contributed by atoms with van der Waals surface area (Å²) in [4.78, 5) is 15.4. The largest absolute Gasteiger partial charge is 0.460 e. The molecule has 0 radical (unpaired) electrons. The van der Waals surface area contributed by atoms with Gasteiger partial charge in [-0.25, -0.2) is 22.9 Å². The molecule has 1 aromatic heterocycles. The quantitative estimate of drug-likeness (QED) is 0.641. The van der Waals surface area contributed by atoms with Gasteiger partial charge >= 0.3 is 5.97 Å². The Balaban J connectivity index is 2.48. The number of nitrogens with zero attached hydrogens (tertiary/aromatic N) is 1. The Morgan fingerprint density at radius 2 is 2.00 bits per heavy atom. The Hall–Kier alpha value is -2.31. The molecular weight excluding hydrogens is 275 g/mol. The molecule has 106 valence electrons. The van der Waals surface area contributed by atoms with Crippen LogP contribution in [0.25, 0.3) is 11.5 Å². The Morgan fingerprint density at radius 3 is 2.65 bits per heavy atom. The van der Waals surface area contributed by atoms with Gasteiger partial charge in [0.25, 0.3) is 0 Å². The van der Waals surface area contributed by atoms with Gasteiger partial charge in [-0.15, -0.1) is 0 Å². The molecule has 0 bridgehead atoms. The molecule has 2 rings (SSSR count). The summed E-state index contributed by atoms with van der Waals surface area (Å²) in [5, 5.41) is 0. The van der Waals surface area contributed by atoms with Crippen molar-refractivity contribution in [3.63, 3.8) is 0 Å². The number of oxazole rings is 1. The topological polar surface area (TPSA) is 52.3 Å². The summed E-state index contributed by atoms with van der Waals surface area (Å²) in [7, 11) is 0. The molecule has 0 atom stereocenters. The van der Waals surface area contributed by atoms with E-state index in [0.717, 1.165) is 12.1 Å². The molecular formula is C13H10F3NO3. The average Bonchev–Trinajstić information content (AvgIpc) is 2.78. The molecule has 0 N–H and O–H groups in total. The second-order valence-corrected chi connectivity index (χ2v) is 3.88. The highest BCUT2D eigenvalue weighted by molar-refractivity contribution is 5.87. The van der Waals surface area contributed by atoms with Crippen LogP contribution in [-0.4, -0.2) is 17.6 Å². The fraction of sp³-hybridized carbons (Fsp3) is 0.231. The lowest BCUT2D eigenvalue weighted by Crippen LogP contribution is -2.04. The Kier molecular flexibility index (Phi) is 3.78. The third-order valence-corrected chi connectivity index (χ3v) is 2.52. The minimum absolute atomic E-state index is 0.133. The molecule has 0 saturated carbocycles. The summed E-state index contributed by atoms with van der Waals surface area (Å²) in [6, 6.07) is 1.73. The number of carbonyl (C=O) groups excluding carboxylic acids is 1. The van der Waals surface area contributed by atoms with Crippen LogP contribution in [-0.2, 0) is 4.74 Å². The van der Waals surface area contributed by atoms with E-state index in [0.29, 0.717) is 0 Å². The normalized spacial score (nSPS) is 10.7. The van der Waals surface area contributed by atoms with E-state index in [-0.39, 0.29) is 29.5 Å². The maximum atomic E-state index is 13.6. The van der Waals surface area contributed by atoms with Gasteiger partial charge in [-0.1, -0.05) is 0 Å². The highest BCUT2D eigenvalue weighted by atomic mass is 19.2. The standard InChI is InChI=1S/C13H10F3NO3/c1-3-19-13(18)11-6(2)17-12(20-11)7-4-5-8(14)10(16)9(7)15/h4-5H,3H2,1-2H3. The summed E-state index contributed by atoms with van der Waals surface area (Å²) in [5.41, 5.74) is -0.204. The lowest BCUT2D eigenvalue weighted by Gasteiger charge is -2.00. The number of hydrogen-bond acceptors (Lipinski definition) is 4. The lowest BCUT2D eigenvalue weighted by molar-refractivity contribution is 0.0490. The molecule has 1 aromatic carbocycles. The summed E-state index contributed by atoms with van der Waals surface area (Å²) < 4.78 is 49.4. The van der Waals surface area contributed by atoms with Crippen LogP contribution in [0.3, 0.4) is 0 Å². The molecule has 7 heteroatoms. The van der Waals surface area contributed by atoms with E-state index in [1.165, 1.54) is 6.92 Å². The number of rotatable bonds is 3. The van der Waals surface area contributed by atoms with Gasteiger partial charge in [0.15, 0.2) is 17.5 Å². The van der Waals surface area contributed by atoms with Crippen LogP contribution in [0.4, 0.5) is 13.2 Å². The molecule has 1 heterocycles. The molecule has 0 saturated heterocycles. The number of benzene rings is 1. The third-order valence-electron chi connectivity index (χ3n) is 2.52. The van der Waals surface area contributed by atoms with E-state index >= 15 is 0 Å². The van der Waals surface area contributed by atoms with Gasteiger partial charge in [0.2, 0.25) is 11.7 Å². The van der Waals surface area contributed by atoms with Gasteiger partial charge in [-0.2, -0.15) is 0 Å². The minimum atomic E-state index is -1.63. The van der Waals surface area contributed by atoms with Crippen molar-refractivity contribution < 1.29 is 27.1 Å². The number of aromatic nitrogens is 1. The van der Waals surface area contributed by atoms with Crippen molar-refractivity contribution in [1.29, 1.82) is 0 Å². The lowest BCUT2D eigenvalue weighted by atomic mass is 10.2. The zero-order valence-corrected chi connectivity index (χ0v) is 10.7. The van der Waals surface area contributed by atoms with Crippen molar-refractivity contribution in [3.8, 4) is 11.5 Å². The van der Waals surface area contributed by atoms with Gasteiger partial charge in [-0.05, 0) is 26.0 Å². The van der Waals surface area contributed by atoms with Crippen LogP contribution < -0.4 is 0 Å². The molecule has 0 aliphatic carbocycles. The van der Waals surface area contributed by atoms with Crippen LogP contribution >= 0.6 is 0 Å². The van der Waals surface area contributed by atoms with Crippen molar-refractivity contribution in [1.82, 2.24) is 4.98 Å². The van der Waals surface area contributed by atoms with Crippen molar-refractivity contribution in [2.24, 2.45) is 0 Å². The average molecular weight is 285 g/mol. The summed E-state index contributed by atoms with van der Waals surface area (Å²) in [6.45, 7) is 3.20. The first kappa shape index (κ1) is 14.1. The molecule has 2 aromatic rings. The van der Waals surface area contributed by atoms with Crippen molar-refractivity contribution in [3.05, 3.63) is 41.0 Å². The molecule has 20 heavy (non-hydrogen) atoms. The molecule has 0 amide bonds. The predicted octanol–water partition coefficient (Wildman–Crippen LogP) is 3.24. The summed E-state index contributed by atoms with van der Waals surface area (Å²) in [5.74, 6) is -5.66. The van der Waals surface area contributed by atoms with E-state index in [4.69, 9.17) is 9.15 Å². The monoisotopic (exact) mass is 285 g/mol. The first-order chi connectivity index (χ1) is 9.45. The zero-order valence-electron chi connectivity index (χ0n) is 10.7. The van der Waals surface area contributed by atoms with E-state index in [1.54, 1.807) is 6.92 Å². The predicted molar refractivity (Wildman–Crippen MR) is 62.5 cm³/mol. The van der Waals surface area contributed by atoms with E-state index in [9.17, 15) is 18.0 Å². The Bertz CT molecular complexity index is 667. The molecule has 4 nitrogen and oxygen atoms in total. The van der Waals surface area contributed by atoms with Crippen molar-refractivity contribution >= 4 is 5.97 Å². The molecule has 0 fully saturated rings. The highest BCUT2D eigenvalue weighted by Gasteiger charge is 2.23. The summed E-state index contributed by atoms with van der Waals surface area (Å²) in [6.07, 6.45) is 0. The van der Waals surface area contributed by atoms with Crippen LogP contribution in [0.2, 0.25) is 0 Å². The number of carbonyl (C=O) groups is 1. The maximum Gasteiger partial charge on any atom is 0.376 e. The highest BCUT2D eigenvalue weighted by Crippen LogP contribution is 2.27. The van der Waals surface area contributed by atoms with E-state index < -0.39 is 23.4 Å². The Morgan fingerprint density at radius 1 is 1.30 bits per heavy atom. The number of ether oxygens (including phenoxy) is 1. The van der Waals surface area contributed by atoms with Crippen LogP contribution in [0.1, 0.15) is 23.2 Å². The summed E-state index contributed by atoms with van der Waals surface area (Å²) >= 11 is 0. The van der Waals surface area contributed by atoms with Gasteiger partial charge < -0.3 is 9.15 Å². The van der Waals surface area contributed by atoms with Gasteiger partial charge in [0.05, 0.1) is 17.9 Å². The Labute approximate surface area is 112 Å². The third kappa shape index (κ3) is 2.38. The number of hydrogen-bond donors (Lipinski definition) is 0. The van der Waals surface area contributed by atoms with E-state index in [2.05, 4.69) is 4.98 Å². The fourth-order valence-electron chi connectivity index (χ4n) is 1.59. The minimum Gasteiger partial charge on any atom is -0.460 e. The SMILES string of the molecule is CCOC(=O)c1oc(-c2ccc(F)c(F)c2F)nc1C. The molecule has 0 unspecified atom stereocenters. The molecule has 0 spiro atoms. The van der Waals surface area contributed by atoms with Gasteiger partial charge in [0, 0.05) is 0 Å². The fourth-order valence-corrected chi connectivity index (χ4v) is 1.59. The number of aryl methyl sites for hydroxylation is 1. The van der Waals surface area contributed by atoms with Crippen molar-refractivity contribution in [2.75, 3.05) is 6.61 Å². The first-order valence-electron chi connectivity index (χ1n) is 5.74. The van der Waals surface area contributed by atoms with Gasteiger partial charge in [-0.3, -0.25) is 0 Å². The van der Waals surface area contributed by atoms with Crippen molar-refractivity contribution in [2.45, 2.75) is 13.8 Å². The van der Waals surface area contributed by atoms with Crippen LogP contribution in [0.5, 0.6) is 0 Å². The molecule has 0 aliphatic rings. The number of halogens is 3. The van der Waals surface area contributed by atoms with Crippen LogP contribution in [0.15, 0.2) is 16.5 Å². The van der Waals surface area contributed by atoms with Gasteiger partial charge in [0.1, 0.15) is 0 Å². The van der Waals surface area contributed by atoms with Crippen LogP contribution in [0, 0.1) is 24.4 Å². The number of esters is 1. The second kappa shape index (κ2) is 5.36. The molecule has 0 aliphatic heterocycles. The zero-order chi connectivity index (χ0) is 14.9. The second-order valence-electron chi connectivity index (χ2n) is 3.88. The first-order valence-corrected chi connectivity index (χ1v) is 5.74. The maximum absolute atomic E-state index is 13.6. The smallest absolute Gasteiger partial charge is 0.376 e.